The second-order valence-corrected chi connectivity index (χ2v) is 4.62. The van der Waals surface area contributed by atoms with Gasteiger partial charge in [-0.1, -0.05) is 29.8 Å². The number of Topliss-reactive ketones (excluding diaryl/α,β-unsaturated/α-hetero) is 1. The average Bonchev–Trinajstić information content (AvgIpc) is 2.40. The Morgan fingerprint density at radius 1 is 1.05 bits per heavy atom. The Bertz CT molecular complexity index is 560. The van der Waals surface area contributed by atoms with E-state index in [1.54, 1.807) is 12.1 Å². The second kappa shape index (κ2) is 5.65. The van der Waals surface area contributed by atoms with Crippen LogP contribution in [0.15, 0.2) is 48.5 Å². The molecule has 0 aliphatic carbocycles. The van der Waals surface area contributed by atoms with Crippen LogP contribution >= 0.6 is 0 Å². The van der Waals surface area contributed by atoms with Gasteiger partial charge in [0.1, 0.15) is 5.82 Å². The molecule has 19 heavy (non-hydrogen) atoms. The first-order chi connectivity index (χ1) is 9.06. The Labute approximate surface area is 112 Å². The number of hydrogen-bond donors (Lipinski definition) is 0. The van der Waals surface area contributed by atoms with Crippen molar-refractivity contribution < 1.29 is 9.18 Å². The fraction of sp³-hybridized carbons (Fsp3) is 0.188. The highest BCUT2D eigenvalue weighted by Crippen LogP contribution is 2.14. The first-order valence-corrected chi connectivity index (χ1v) is 6.13. The SMILES string of the molecule is Cc1ccc(C(=O)CN(C)c2ccc(F)cc2)cc1. The minimum Gasteiger partial charge on any atom is -0.367 e. The summed E-state index contributed by atoms with van der Waals surface area (Å²) in [5, 5.41) is 0. The maximum Gasteiger partial charge on any atom is 0.182 e. The zero-order chi connectivity index (χ0) is 13.8. The van der Waals surface area contributed by atoms with Crippen LogP contribution < -0.4 is 4.90 Å². The Morgan fingerprint density at radius 3 is 2.21 bits per heavy atom. The second-order valence-electron chi connectivity index (χ2n) is 4.62. The lowest BCUT2D eigenvalue weighted by Crippen LogP contribution is -2.25. The fourth-order valence-electron chi connectivity index (χ4n) is 1.83. The summed E-state index contributed by atoms with van der Waals surface area (Å²) in [5.41, 5.74) is 2.64. The smallest absolute Gasteiger partial charge is 0.182 e. The standard InChI is InChI=1S/C16H16FNO/c1-12-3-5-13(6-4-12)16(19)11-18(2)15-9-7-14(17)8-10-15/h3-10H,11H2,1-2H3. The number of aryl methyl sites for hydroxylation is 1. The fourth-order valence-corrected chi connectivity index (χ4v) is 1.83. The molecule has 0 bridgehead atoms. The number of likely N-dealkylation sites (N-methyl/N-ethyl adjacent to an activating group) is 1. The first kappa shape index (κ1) is 13.3. The van der Waals surface area contributed by atoms with Gasteiger partial charge >= 0.3 is 0 Å². The molecule has 0 saturated heterocycles. The number of anilines is 1. The number of carbonyl (C=O) groups excluding carboxylic acids is 1. The molecule has 0 N–H and O–H groups in total. The van der Waals surface area contributed by atoms with Gasteiger partial charge in [-0.25, -0.2) is 4.39 Å². The highest BCUT2D eigenvalue weighted by Gasteiger charge is 2.09. The van der Waals surface area contributed by atoms with Crippen molar-refractivity contribution in [2.45, 2.75) is 6.92 Å². The summed E-state index contributed by atoms with van der Waals surface area (Å²) >= 11 is 0. The van der Waals surface area contributed by atoms with Gasteiger partial charge in [0.2, 0.25) is 0 Å². The molecule has 0 fully saturated rings. The van der Waals surface area contributed by atoms with Gasteiger partial charge in [0, 0.05) is 18.3 Å². The van der Waals surface area contributed by atoms with E-state index in [-0.39, 0.29) is 18.1 Å². The van der Waals surface area contributed by atoms with Crippen molar-refractivity contribution in [3.63, 3.8) is 0 Å². The summed E-state index contributed by atoms with van der Waals surface area (Å²) in [5.74, 6) is -0.228. The van der Waals surface area contributed by atoms with Crippen LogP contribution in [0.25, 0.3) is 0 Å². The molecular weight excluding hydrogens is 241 g/mol. The van der Waals surface area contributed by atoms with E-state index in [1.165, 1.54) is 12.1 Å². The molecule has 0 atom stereocenters. The van der Waals surface area contributed by atoms with Gasteiger partial charge in [-0.15, -0.1) is 0 Å². The van der Waals surface area contributed by atoms with Gasteiger partial charge < -0.3 is 4.90 Å². The summed E-state index contributed by atoms with van der Waals surface area (Å²) in [6.07, 6.45) is 0. The molecule has 3 heteroatoms. The third kappa shape index (κ3) is 3.41. The minimum absolute atomic E-state index is 0.0480. The number of carbonyl (C=O) groups is 1. The van der Waals surface area contributed by atoms with E-state index < -0.39 is 0 Å². The van der Waals surface area contributed by atoms with Crippen LogP contribution in [-0.2, 0) is 0 Å². The predicted molar refractivity (Wildman–Crippen MR) is 75.2 cm³/mol. The van der Waals surface area contributed by atoms with Crippen LogP contribution in [0.1, 0.15) is 15.9 Å². The number of benzene rings is 2. The molecule has 98 valence electrons. The van der Waals surface area contributed by atoms with Crippen LogP contribution in [0, 0.1) is 12.7 Å². The van der Waals surface area contributed by atoms with Crippen molar-refractivity contribution in [2.24, 2.45) is 0 Å². The van der Waals surface area contributed by atoms with Crippen molar-refractivity contribution in [2.75, 3.05) is 18.5 Å². The largest absolute Gasteiger partial charge is 0.367 e. The lowest BCUT2D eigenvalue weighted by Gasteiger charge is -2.18. The molecule has 2 aromatic rings. The summed E-state index contributed by atoms with van der Waals surface area (Å²) in [6, 6.07) is 13.6. The molecule has 2 nitrogen and oxygen atoms in total. The van der Waals surface area contributed by atoms with Crippen LogP contribution in [0.4, 0.5) is 10.1 Å². The van der Waals surface area contributed by atoms with E-state index in [2.05, 4.69) is 0 Å². The molecule has 0 aliphatic heterocycles. The van der Waals surface area contributed by atoms with Crippen LogP contribution in [-0.4, -0.2) is 19.4 Å². The summed E-state index contributed by atoms with van der Waals surface area (Å²) in [6.45, 7) is 2.26. The third-order valence-corrected chi connectivity index (χ3v) is 3.02. The quantitative estimate of drug-likeness (QED) is 0.782. The first-order valence-electron chi connectivity index (χ1n) is 6.13. The average molecular weight is 257 g/mol. The highest BCUT2D eigenvalue weighted by atomic mass is 19.1. The van der Waals surface area contributed by atoms with Gasteiger partial charge in [0.05, 0.1) is 6.54 Å². The van der Waals surface area contributed by atoms with Gasteiger partial charge in [0.25, 0.3) is 0 Å². The number of rotatable bonds is 4. The van der Waals surface area contributed by atoms with Crippen molar-refractivity contribution in [1.82, 2.24) is 0 Å². The molecular formula is C16H16FNO. The number of halogens is 1. The third-order valence-electron chi connectivity index (χ3n) is 3.02. The Kier molecular flexibility index (Phi) is 3.95. The van der Waals surface area contributed by atoms with Gasteiger partial charge in [-0.2, -0.15) is 0 Å². The molecule has 0 aromatic heterocycles. The van der Waals surface area contributed by atoms with Crippen molar-refractivity contribution in [3.05, 3.63) is 65.5 Å². The minimum atomic E-state index is -0.276. The van der Waals surface area contributed by atoms with E-state index in [9.17, 15) is 9.18 Å². The van der Waals surface area contributed by atoms with E-state index in [1.807, 2.05) is 43.1 Å². The Balaban J connectivity index is 2.06. The maximum absolute atomic E-state index is 12.8. The van der Waals surface area contributed by atoms with E-state index in [0.717, 1.165) is 11.3 Å². The van der Waals surface area contributed by atoms with Crippen molar-refractivity contribution >= 4 is 11.5 Å². The van der Waals surface area contributed by atoms with Crippen LogP contribution in [0.3, 0.4) is 0 Å². The molecule has 0 amide bonds. The van der Waals surface area contributed by atoms with Gasteiger partial charge in [-0.05, 0) is 31.2 Å². The topological polar surface area (TPSA) is 20.3 Å². The molecule has 2 rings (SSSR count). The molecule has 0 radical (unpaired) electrons. The van der Waals surface area contributed by atoms with Gasteiger partial charge in [-0.3, -0.25) is 4.79 Å². The number of hydrogen-bond acceptors (Lipinski definition) is 2. The molecule has 0 heterocycles. The monoisotopic (exact) mass is 257 g/mol. The Hall–Kier alpha value is -2.16. The normalized spacial score (nSPS) is 10.3. The lowest BCUT2D eigenvalue weighted by molar-refractivity contribution is 0.100. The van der Waals surface area contributed by atoms with Crippen molar-refractivity contribution in [1.29, 1.82) is 0 Å². The molecule has 0 saturated carbocycles. The van der Waals surface area contributed by atoms with Crippen molar-refractivity contribution in [3.8, 4) is 0 Å². The molecule has 0 spiro atoms. The zero-order valence-electron chi connectivity index (χ0n) is 11.1. The molecule has 0 unspecified atom stereocenters. The zero-order valence-corrected chi connectivity index (χ0v) is 11.1. The molecule has 2 aromatic carbocycles. The predicted octanol–water partition coefficient (Wildman–Crippen LogP) is 3.45. The van der Waals surface area contributed by atoms with E-state index >= 15 is 0 Å². The lowest BCUT2D eigenvalue weighted by atomic mass is 10.1. The van der Waals surface area contributed by atoms with Gasteiger partial charge in [0.15, 0.2) is 5.78 Å². The molecule has 0 aliphatic rings. The highest BCUT2D eigenvalue weighted by molar-refractivity contribution is 5.99. The number of ketones is 1. The van der Waals surface area contributed by atoms with Crippen LogP contribution in [0.2, 0.25) is 0 Å². The van der Waals surface area contributed by atoms with Crippen LogP contribution in [0.5, 0.6) is 0 Å². The number of nitrogens with zero attached hydrogens (tertiary/aromatic N) is 1. The Morgan fingerprint density at radius 2 is 1.63 bits per heavy atom. The van der Waals surface area contributed by atoms with E-state index in [4.69, 9.17) is 0 Å². The summed E-state index contributed by atoms with van der Waals surface area (Å²) < 4.78 is 12.8. The maximum atomic E-state index is 12.8. The van der Waals surface area contributed by atoms with E-state index in [0.29, 0.717) is 5.56 Å². The summed E-state index contributed by atoms with van der Waals surface area (Å²) in [4.78, 5) is 13.9. The summed E-state index contributed by atoms with van der Waals surface area (Å²) in [7, 11) is 1.82.